The molecular weight excluding hydrogens is 358 g/mol. The predicted molar refractivity (Wildman–Crippen MR) is 105 cm³/mol. The zero-order valence-electron chi connectivity index (χ0n) is 15.5. The van der Waals surface area contributed by atoms with Crippen molar-refractivity contribution < 1.29 is 9.72 Å². The van der Waals surface area contributed by atoms with Crippen LogP contribution in [0, 0.1) is 24.0 Å². The zero-order chi connectivity index (χ0) is 20.1. The fourth-order valence-corrected chi connectivity index (χ4v) is 2.72. The Morgan fingerprint density at radius 2 is 1.96 bits per heavy atom. The molecule has 1 amide bonds. The van der Waals surface area contributed by atoms with Crippen LogP contribution in [-0.2, 0) is 6.54 Å². The van der Waals surface area contributed by atoms with Crippen LogP contribution in [0.15, 0.2) is 59.7 Å². The number of nitrogens with zero attached hydrogens (tertiary/aromatic N) is 4. The third-order valence-corrected chi connectivity index (χ3v) is 4.11. The summed E-state index contributed by atoms with van der Waals surface area (Å²) in [7, 11) is 0. The molecule has 0 radical (unpaired) electrons. The molecule has 0 spiro atoms. The number of hydrazone groups is 1. The first-order chi connectivity index (χ1) is 13.4. The van der Waals surface area contributed by atoms with Crippen molar-refractivity contribution in [1.29, 1.82) is 0 Å². The summed E-state index contributed by atoms with van der Waals surface area (Å²) in [5.74, 6) is -0.362. The van der Waals surface area contributed by atoms with Crippen LogP contribution in [0.1, 0.15) is 32.9 Å². The van der Waals surface area contributed by atoms with Gasteiger partial charge in [-0.25, -0.2) is 5.43 Å². The van der Waals surface area contributed by atoms with Crippen molar-refractivity contribution in [3.8, 4) is 0 Å². The highest BCUT2D eigenvalue weighted by atomic mass is 16.6. The van der Waals surface area contributed by atoms with Crippen LogP contribution < -0.4 is 5.43 Å². The van der Waals surface area contributed by atoms with E-state index < -0.39 is 4.92 Å². The highest BCUT2D eigenvalue weighted by Gasteiger charge is 2.07. The third-order valence-electron chi connectivity index (χ3n) is 4.11. The van der Waals surface area contributed by atoms with Crippen molar-refractivity contribution in [2.75, 3.05) is 0 Å². The van der Waals surface area contributed by atoms with Crippen molar-refractivity contribution in [3.05, 3.63) is 92.8 Å². The Bertz CT molecular complexity index is 1040. The molecule has 0 saturated heterocycles. The van der Waals surface area contributed by atoms with Crippen molar-refractivity contribution in [3.63, 3.8) is 0 Å². The molecule has 142 valence electrons. The number of carbonyl (C=O) groups is 1. The first-order valence-electron chi connectivity index (χ1n) is 8.60. The Kier molecular flexibility index (Phi) is 5.59. The van der Waals surface area contributed by atoms with E-state index in [2.05, 4.69) is 15.6 Å². The summed E-state index contributed by atoms with van der Waals surface area (Å²) in [5, 5.41) is 19.1. The molecule has 0 aliphatic carbocycles. The lowest BCUT2D eigenvalue weighted by molar-refractivity contribution is -0.384. The molecule has 0 bridgehead atoms. The highest BCUT2D eigenvalue weighted by molar-refractivity contribution is 5.94. The van der Waals surface area contributed by atoms with E-state index in [1.54, 1.807) is 24.3 Å². The van der Waals surface area contributed by atoms with Gasteiger partial charge in [-0.2, -0.15) is 10.2 Å². The number of aromatic nitrogens is 2. The standard InChI is InChI=1S/C20H19N5O3/c1-14-10-15(2)24(23-14)13-16-6-8-18(9-7-16)20(26)22-21-12-17-4-3-5-19(11-17)25(27)28/h3-12H,13H2,1-2H3,(H,22,26)/b21-12-. The van der Waals surface area contributed by atoms with Crippen LogP contribution in [-0.4, -0.2) is 26.8 Å². The molecule has 1 aromatic heterocycles. The molecule has 0 atom stereocenters. The Morgan fingerprint density at radius 3 is 2.61 bits per heavy atom. The van der Waals surface area contributed by atoms with Gasteiger partial charge in [0.15, 0.2) is 0 Å². The first kappa shape index (κ1) is 19.0. The number of benzene rings is 2. The molecule has 8 nitrogen and oxygen atoms in total. The summed E-state index contributed by atoms with van der Waals surface area (Å²) in [4.78, 5) is 22.5. The van der Waals surface area contributed by atoms with Gasteiger partial charge in [0.05, 0.1) is 23.4 Å². The number of nitro groups is 1. The minimum Gasteiger partial charge on any atom is -0.267 e. The van der Waals surface area contributed by atoms with Gasteiger partial charge in [-0.3, -0.25) is 19.6 Å². The summed E-state index contributed by atoms with van der Waals surface area (Å²) < 4.78 is 1.91. The van der Waals surface area contributed by atoms with E-state index in [4.69, 9.17) is 0 Å². The quantitative estimate of drug-likeness (QED) is 0.405. The number of hydrogen-bond donors (Lipinski definition) is 1. The molecule has 2 aromatic carbocycles. The molecule has 0 aliphatic heterocycles. The number of nitro benzene ring substituents is 1. The number of non-ortho nitro benzene ring substituents is 1. The molecule has 0 unspecified atom stereocenters. The second-order valence-corrected chi connectivity index (χ2v) is 6.33. The van der Waals surface area contributed by atoms with E-state index in [9.17, 15) is 14.9 Å². The average molecular weight is 377 g/mol. The van der Waals surface area contributed by atoms with Gasteiger partial charge in [-0.05, 0) is 37.6 Å². The Morgan fingerprint density at radius 1 is 1.21 bits per heavy atom. The van der Waals surface area contributed by atoms with E-state index >= 15 is 0 Å². The van der Waals surface area contributed by atoms with E-state index in [1.807, 2.05) is 36.7 Å². The van der Waals surface area contributed by atoms with Gasteiger partial charge in [0.25, 0.3) is 11.6 Å². The van der Waals surface area contributed by atoms with Gasteiger partial charge in [0.2, 0.25) is 0 Å². The number of hydrogen-bond acceptors (Lipinski definition) is 5. The lowest BCUT2D eigenvalue weighted by Gasteiger charge is -2.06. The normalized spacial score (nSPS) is 10.9. The number of carbonyl (C=O) groups excluding carboxylic acids is 1. The van der Waals surface area contributed by atoms with Gasteiger partial charge >= 0.3 is 0 Å². The van der Waals surface area contributed by atoms with Crippen molar-refractivity contribution >= 4 is 17.8 Å². The molecule has 8 heteroatoms. The van der Waals surface area contributed by atoms with E-state index in [1.165, 1.54) is 18.3 Å². The SMILES string of the molecule is Cc1cc(C)n(Cc2ccc(C(=O)N/N=C\c3cccc([N+](=O)[O-])c3)cc2)n1. The smallest absolute Gasteiger partial charge is 0.267 e. The van der Waals surface area contributed by atoms with E-state index in [-0.39, 0.29) is 11.6 Å². The zero-order valence-corrected chi connectivity index (χ0v) is 15.5. The van der Waals surface area contributed by atoms with Crippen LogP contribution >= 0.6 is 0 Å². The highest BCUT2D eigenvalue weighted by Crippen LogP contribution is 2.12. The number of rotatable bonds is 6. The van der Waals surface area contributed by atoms with E-state index in [0.717, 1.165) is 17.0 Å². The second-order valence-electron chi connectivity index (χ2n) is 6.33. The Labute approximate surface area is 161 Å². The largest absolute Gasteiger partial charge is 0.271 e. The van der Waals surface area contributed by atoms with Gasteiger partial charge in [0.1, 0.15) is 0 Å². The van der Waals surface area contributed by atoms with Crippen molar-refractivity contribution in [1.82, 2.24) is 15.2 Å². The Balaban J connectivity index is 1.61. The van der Waals surface area contributed by atoms with Gasteiger partial charge in [-0.1, -0.05) is 24.3 Å². The molecule has 0 fully saturated rings. The number of amides is 1. The van der Waals surface area contributed by atoms with Crippen molar-refractivity contribution in [2.24, 2.45) is 5.10 Å². The van der Waals surface area contributed by atoms with Gasteiger partial charge in [0, 0.05) is 29.0 Å². The maximum Gasteiger partial charge on any atom is 0.271 e. The molecule has 3 aromatic rings. The van der Waals surface area contributed by atoms with Crippen molar-refractivity contribution in [2.45, 2.75) is 20.4 Å². The molecule has 0 aliphatic rings. The molecule has 1 heterocycles. The second kappa shape index (κ2) is 8.26. The Hall–Kier alpha value is -3.81. The maximum atomic E-state index is 12.2. The topological polar surface area (TPSA) is 102 Å². The van der Waals surface area contributed by atoms with Crippen LogP contribution in [0.4, 0.5) is 5.69 Å². The first-order valence-corrected chi connectivity index (χ1v) is 8.60. The fraction of sp³-hybridized carbons (Fsp3) is 0.150. The third kappa shape index (κ3) is 4.67. The van der Waals surface area contributed by atoms with E-state index in [0.29, 0.717) is 17.7 Å². The molecule has 28 heavy (non-hydrogen) atoms. The number of aryl methyl sites for hydroxylation is 2. The predicted octanol–water partition coefficient (Wildman–Crippen LogP) is 3.22. The van der Waals surface area contributed by atoms with Gasteiger partial charge in [-0.15, -0.1) is 0 Å². The average Bonchev–Trinajstić information content (AvgIpc) is 2.99. The van der Waals surface area contributed by atoms with Gasteiger partial charge < -0.3 is 0 Å². The summed E-state index contributed by atoms with van der Waals surface area (Å²) in [6.45, 7) is 4.58. The molecular formula is C20H19N5O3. The van der Waals surface area contributed by atoms with Crippen LogP contribution in [0.5, 0.6) is 0 Å². The van der Waals surface area contributed by atoms with Crippen LogP contribution in [0.3, 0.4) is 0 Å². The summed E-state index contributed by atoms with van der Waals surface area (Å²) in [6, 6.07) is 15.2. The number of nitrogens with one attached hydrogen (secondary N) is 1. The van der Waals surface area contributed by atoms with Crippen LogP contribution in [0.2, 0.25) is 0 Å². The lowest BCUT2D eigenvalue weighted by atomic mass is 10.1. The molecule has 3 rings (SSSR count). The lowest BCUT2D eigenvalue weighted by Crippen LogP contribution is -2.17. The maximum absolute atomic E-state index is 12.2. The minimum absolute atomic E-state index is 0.0338. The molecule has 1 N–H and O–H groups in total. The summed E-state index contributed by atoms with van der Waals surface area (Å²) in [6.07, 6.45) is 1.36. The minimum atomic E-state index is -0.483. The summed E-state index contributed by atoms with van der Waals surface area (Å²) >= 11 is 0. The summed E-state index contributed by atoms with van der Waals surface area (Å²) in [5.41, 5.74) is 6.45. The van der Waals surface area contributed by atoms with Crippen LogP contribution in [0.25, 0.3) is 0 Å². The fourth-order valence-electron chi connectivity index (χ4n) is 2.72. The monoisotopic (exact) mass is 377 g/mol. The molecule has 0 saturated carbocycles.